The van der Waals surface area contributed by atoms with Crippen LogP contribution in [-0.4, -0.2) is 68.9 Å². The summed E-state index contributed by atoms with van der Waals surface area (Å²) in [5.74, 6) is -2.43. The third-order valence-electron chi connectivity index (χ3n) is 6.50. The molecule has 1 unspecified atom stereocenters. The number of fused-ring (bicyclic) bond motifs is 2. The second-order valence-electron chi connectivity index (χ2n) is 9.29. The van der Waals surface area contributed by atoms with Crippen LogP contribution in [0.1, 0.15) is 27.0 Å². The van der Waals surface area contributed by atoms with Crippen LogP contribution in [0.15, 0.2) is 40.3 Å². The lowest BCUT2D eigenvalue weighted by Gasteiger charge is -2.39. The molecule has 5 rings (SSSR count). The largest absolute Gasteiger partial charge is 0.497 e. The number of rotatable bonds is 6. The lowest BCUT2D eigenvalue weighted by Crippen LogP contribution is -2.63. The van der Waals surface area contributed by atoms with E-state index < -0.39 is 60.4 Å². The average molecular weight is 572 g/mol. The summed E-state index contributed by atoms with van der Waals surface area (Å²) in [5, 5.41) is 0. The molecule has 0 aliphatic carbocycles. The number of ether oxygens (including phenoxy) is 4. The Morgan fingerprint density at radius 3 is 2.53 bits per heavy atom. The van der Waals surface area contributed by atoms with Gasteiger partial charge in [0.25, 0.3) is 5.56 Å². The van der Waals surface area contributed by atoms with Gasteiger partial charge in [-0.25, -0.2) is 17.8 Å². The van der Waals surface area contributed by atoms with Crippen LogP contribution < -0.4 is 16.0 Å². The number of sulfone groups is 1. The number of nitrogens with zero attached hydrogens (tertiary/aromatic N) is 3. The van der Waals surface area contributed by atoms with E-state index in [0.717, 1.165) is 25.4 Å². The van der Waals surface area contributed by atoms with Crippen LogP contribution >= 0.6 is 11.6 Å². The molecule has 13 nitrogen and oxygen atoms in total. The van der Waals surface area contributed by atoms with Gasteiger partial charge in [-0.15, -0.1) is 0 Å². The second-order valence-corrected chi connectivity index (χ2v) is 12.1. The molecule has 0 amide bonds. The van der Waals surface area contributed by atoms with Gasteiger partial charge < -0.3 is 24.7 Å². The van der Waals surface area contributed by atoms with Crippen molar-refractivity contribution in [1.29, 1.82) is 0 Å². The zero-order chi connectivity index (χ0) is 27.8. The highest BCUT2D eigenvalue weighted by atomic mass is 35.5. The maximum absolute atomic E-state index is 16.8. The molecule has 0 spiro atoms. The topological polar surface area (TPSA) is 178 Å². The average Bonchev–Trinajstić information content (AvgIpc) is 3.48. The van der Waals surface area contributed by atoms with Gasteiger partial charge in [0.1, 0.15) is 18.0 Å². The normalized spacial score (nSPS) is 28.2. The van der Waals surface area contributed by atoms with E-state index >= 15 is 4.39 Å². The monoisotopic (exact) mass is 571 g/mol. The number of Topliss-reactive ketones (excluding diaryl/α,β-unsaturated/α-hetero) is 1. The van der Waals surface area contributed by atoms with Gasteiger partial charge in [-0.3, -0.25) is 19.1 Å². The number of hydrogen-bond acceptors (Lipinski definition) is 11. The van der Waals surface area contributed by atoms with E-state index in [-0.39, 0.29) is 17.1 Å². The molecule has 3 aromatic rings. The number of anilines is 1. The minimum absolute atomic E-state index is 0.0836. The van der Waals surface area contributed by atoms with Gasteiger partial charge in [-0.1, -0.05) is 11.6 Å². The number of alkyl halides is 2. The fourth-order valence-corrected chi connectivity index (χ4v) is 6.86. The number of nitrogen functional groups attached to an aromatic ring is 1. The Labute approximate surface area is 219 Å². The van der Waals surface area contributed by atoms with E-state index in [0.29, 0.717) is 5.75 Å². The molecule has 5 atom stereocenters. The zero-order valence-corrected chi connectivity index (χ0v) is 22.0. The fourth-order valence-electron chi connectivity index (χ4n) is 4.81. The number of hydrogen-bond donors (Lipinski definition) is 2. The Morgan fingerprint density at radius 2 is 1.92 bits per heavy atom. The number of methoxy groups -OCH3 is 1. The van der Waals surface area contributed by atoms with Crippen molar-refractivity contribution in [3.63, 3.8) is 0 Å². The smallest absolute Gasteiger partial charge is 0.326 e. The van der Waals surface area contributed by atoms with Crippen LogP contribution in [0.4, 0.5) is 10.3 Å². The number of nitrogens with one attached hydrogen (secondary N) is 1. The van der Waals surface area contributed by atoms with Gasteiger partial charge in [0, 0.05) is 0 Å². The Morgan fingerprint density at radius 1 is 1.26 bits per heavy atom. The molecule has 2 aromatic heterocycles. The molecule has 0 bridgehead atoms. The quantitative estimate of drug-likeness (QED) is 0.409. The number of carbonyl (C=O) groups is 1. The SMILES string of the molecule is COc1ccc(S(=O)(=O)C(F)(Cl)[C@@]2(C(C)=O)O[C@@H](n3cnc4c(=O)[nH]c(N)nc43)[C@@H]3OC(C)(C)O[C@@H]32)cc1. The summed E-state index contributed by atoms with van der Waals surface area (Å²) in [7, 11) is -3.76. The van der Waals surface area contributed by atoms with Crippen molar-refractivity contribution < 1.29 is 36.6 Å². The van der Waals surface area contributed by atoms with Gasteiger partial charge in [0.05, 0.1) is 18.3 Å². The Bertz CT molecular complexity index is 1610. The van der Waals surface area contributed by atoms with Crippen molar-refractivity contribution in [1.82, 2.24) is 19.5 Å². The molecule has 204 valence electrons. The van der Waals surface area contributed by atoms with E-state index in [1.807, 2.05) is 0 Å². The second kappa shape index (κ2) is 8.44. The summed E-state index contributed by atoms with van der Waals surface area (Å²) >= 11 is 6.27. The Hall–Kier alpha value is -3.11. The first-order valence-electron chi connectivity index (χ1n) is 11.2. The number of aromatic amines is 1. The Kier molecular flexibility index (Phi) is 5.89. The van der Waals surface area contributed by atoms with E-state index in [4.69, 9.17) is 36.3 Å². The summed E-state index contributed by atoms with van der Waals surface area (Å²) < 4.78 is 64.2. The first kappa shape index (κ1) is 26.5. The summed E-state index contributed by atoms with van der Waals surface area (Å²) in [6.07, 6.45) is -3.24. The van der Waals surface area contributed by atoms with Gasteiger partial charge in [-0.05, 0) is 45.0 Å². The number of ketones is 1. The molecule has 2 fully saturated rings. The van der Waals surface area contributed by atoms with Crippen LogP contribution in [-0.2, 0) is 28.8 Å². The molecule has 0 radical (unpaired) electrons. The molecular formula is C22H23ClFN5O8S. The molecule has 1 aromatic carbocycles. The molecule has 2 aliphatic rings. The van der Waals surface area contributed by atoms with Crippen molar-refractivity contribution in [3.8, 4) is 5.75 Å². The number of benzene rings is 1. The van der Waals surface area contributed by atoms with Crippen molar-refractivity contribution in [3.05, 3.63) is 40.9 Å². The van der Waals surface area contributed by atoms with Crippen LogP contribution in [0.3, 0.4) is 0 Å². The number of carbonyl (C=O) groups excluding carboxylic acids is 1. The van der Waals surface area contributed by atoms with Crippen LogP contribution in [0.25, 0.3) is 11.2 Å². The number of nitrogens with two attached hydrogens (primary N) is 1. The predicted octanol–water partition coefficient (Wildman–Crippen LogP) is 1.42. The van der Waals surface area contributed by atoms with Gasteiger partial charge in [-0.2, -0.15) is 4.98 Å². The highest BCUT2D eigenvalue weighted by Gasteiger charge is 2.78. The summed E-state index contributed by atoms with van der Waals surface area (Å²) in [5.41, 5.74) is 1.87. The predicted molar refractivity (Wildman–Crippen MR) is 130 cm³/mol. The van der Waals surface area contributed by atoms with Gasteiger partial charge in [0.2, 0.25) is 21.4 Å². The van der Waals surface area contributed by atoms with Crippen molar-refractivity contribution >= 4 is 44.3 Å². The summed E-state index contributed by atoms with van der Waals surface area (Å²) in [4.78, 5) is 35.4. The highest BCUT2D eigenvalue weighted by molar-refractivity contribution is 7.94. The number of halogens is 2. The van der Waals surface area contributed by atoms with E-state index in [1.54, 1.807) is 0 Å². The summed E-state index contributed by atoms with van der Waals surface area (Å²) in [6.45, 7) is 3.92. The molecule has 2 aliphatic heterocycles. The third kappa shape index (κ3) is 3.56. The standard InChI is InChI=1S/C22H23ClFN5O8S/c1-10(30)21(22(23,24)38(32,33)12-7-5-11(34-4)6-8-12)15-14(35-20(2,3)36-15)18(37-21)29-9-26-13-16(29)27-19(25)28-17(13)31/h5-9,14-15,18H,1-4H3,(H3,25,27,28,31)/t14-,15+,18-,21+,22?/m1/s1. The number of H-pyrrole nitrogens is 1. The van der Waals surface area contributed by atoms with Gasteiger partial charge >= 0.3 is 4.46 Å². The maximum atomic E-state index is 16.8. The number of imidazole rings is 1. The van der Waals surface area contributed by atoms with Crippen molar-refractivity contribution in [2.45, 2.75) is 60.0 Å². The highest BCUT2D eigenvalue weighted by Crippen LogP contribution is 2.57. The first-order valence-corrected chi connectivity index (χ1v) is 13.1. The van der Waals surface area contributed by atoms with Crippen LogP contribution in [0, 0.1) is 0 Å². The lowest BCUT2D eigenvalue weighted by atomic mass is 9.92. The first-order chi connectivity index (χ1) is 17.7. The summed E-state index contributed by atoms with van der Waals surface area (Å²) in [6, 6.07) is 4.76. The van der Waals surface area contributed by atoms with Gasteiger partial charge in [0.15, 0.2) is 29.0 Å². The van der Waals surface area contributed by atoms with Crippen molar-refractivity contribution in [2.75, 3.05) is 12.8 Å². The molecule has 4 heterocycles. The van der Waals surface area contributed by atoms with Crippen molar-refractivity contribution in [2.24, 2.45) is 0 Å². The van der Waals surface area contributed by atoms with E-state index in [2.05, 4.69) is 15.0 Å². The molecule has 16 heteroatoms. The molecule has 3 N–H and O–H groups in total. The molecule has 38 heavy (non-hydrogen) atoms. The van der Waals surface area contributed by atoms with Crippen LogP contribution in [0.2, 0.25) is 0 Å². The minimum atomic E-state index is -5.13. The maximum Gasteiger partial charge on any atom is 0.326 e. The number of aromatic nitrogens is 4. The molecular weight excluding hydrogens is 549 g/mol. The molecule has 2 saturated heterocycles. The zero-order valence-electron chi connectivity index (χ0n) is 20.5. The third-order valence-corrected chi connectivity index (χ3v) is 9.27. The van der Waals surface area contributed by atoms with E-state index in [1.165, 1.54) is 37.7 Å². The minimum Gasteiger partial charge on any atom is -0.497 e. The lowest BCUT2D eigenvalue weighted by molar-refractivity contribution is -0.226. The van der Waals surface area contributed by atoms with Crippen LogP contribution in [0.5, 0.6) is 5.75 Å². The molecule has 0 saturated carbocycles. The van der Waals surface area contributed by atoms with E-state index in [9.17, 15) is 18.0 Å². The Balaban J connectivity index is 1.70. The fraction of sp³-hybridized carbons (Fsp3) is 0.455.